The van der Waals surface area contributed by atoms with Gasteiger partial charge in [-0.05, 0) is 38.4 Å². The number of hydrogen-bond donors (Lipinski definition) is 1. The number of piperidine rings is 1. The molecule has 5 heteroatoms. The van der Waals surface area contributed by atoms with E-state index in [1.807, 2.05) is 0 Å². The summed E-state index contributed by atoms with van der Waals surface area (Å²) < 4.78 is 0. The van der Waals surface area contributed by atoms with Crippen molar-refractivity contribution in [1.82, 2.24) is 4.90 Å². The van der Waals surface area contributed by atoms with Crippen LogP contribution in [-0.2, 0) is 9.59 Å². The molecule has 0 aromatic carbocycles. The van der Waals surface area contributed by atoms with Crippen LogP contribution in [0.1, 0.15) is 32.6 Å². The second kappa shape index (κ2) is 4.75. The Labute approximate surface area is 99.9 Å². The summed E-state index contributed by atoms with van der Waals surface area (Å²) in [6, 6.07) is -0.652. The first-order valence-electron chi connectivity index (χ1n) is 5.81. The van der Waals surface area contributed by atoms with Crippen LogP contribution < -0.4 is 5.73 Å². The van der Waals surface area contributed by atoms with Crippen LogP contribution in [0.15, 0.2) is 0 Å². The van der Waals surface area contributed by atoms with Crippen molar-refractivity contribution in [3.05, 3.63) is 0 Å². The van der Waals surface area contributed by atoms with Gasteiger partial charge in [0.05, 0.1) is 17.5 Å². The zero-order valence-corrected chi connectivity index (χ0v) is 10.3. The number of amides is 1. The molecule has 16 heavy (non-hydrogen) atoms. The van der Waals surface area contributed by atoms with Crippen molar-refractivity contribution in [3.8, 4) is 0 Å². The van der Waals surface area contributed by atoms with Crippen LogP contribution in [0, 0.1) is 0 Å². The number of rotatable bonds is 1. The third-order valence-corrected chi connectivity index (χ3v) is 4.67. The molecule has 3 atom stereocenters. The molecular formula is C11H18N2O2S. The number of thioether (sulfide) groups is 1. The number of carbonyl (C=O) groups excluding carboxylic acids is 2. The van der Waals surface area contributed by atoms with Gasteiger partial charge in [0.15, 0.2) is 5.78 Å². The van der Waals surface area contributed by atoms with Crippen LogP contribution in [0.25, 0.3) is 0 Å². The van der Waals surface area contributed by atoms with Gasteiger partial charge >= 0.3 is 0 Å². The highest BCUT2D eigenvalue weighted by molar-refractivity contribution is 7.99. The van der Waals surface area contributed by atoms with E-state index in [9.17, 15) is 9.59 Å². The van der Waals surface area contributed by atoms with Crippen LogP contribution in [0.2, 0.25) is 0 Å². The van der Waals surface area contributed by atoms with Gasteiger partial charge in [0, 0.05) is 0 Å². The fraction of sp³-hybridized carbons (Fsp3) is 0.818. The van der Waals surface area contributed by atoms with Gasteiger partial charge in [-0.3, -0.25) is 9.59 Å². The van der Waals surface area contributed by atoms with E-state index in [-0.39, 0.29) is 23.1 Å². The van der Waals surface area contributed by atoms with E-state index in [2.05, 4.69) is 0 Å². The van der Waals surface area contributed by atoms with Gasteiger partial charge < -0.3 is 10.6 Å². The molecule has 0 aromatic heterocycles. The average molecular weight is 242 g/mol. The summed E-state index contributed by atoms with van der Waals surface area (Å²) in [5.41, 5.74) is 5.83. The van der Waals surface area contributed by atoms with Crippen molar-refractivity contribution in [2.75, 3.05) is 5.75 Å². The molecule has 2 N–H and O–H groups in total. The second-order valence-electron chi connectivity index (χ2n) is 4.52. The number of hydrogen-bond acceptors (Lipinski definition) is 4. The van der Waals surface area contributed by atoms with E-state index in [0.717, 1.165) is 31.4 Å². The van der Waals surface area contributed by atoms with E-state index < -0.39 is 6.04 Å². The smallest absolute Gasteiger partial charge is 0.241 e. The number of ketones is 1. The molecule has 2 aliphatic rings. The van der Waals surface area contributed by atoms with Gasteiger partial charge in [-0.2, -0.15) is 0 Å². The summed E-state index contributed by atoms with van der Waals surface area (Å²) in [4.78, 5) is 25.5. The molecule has 2 rings (SSSR count). The largest absolute Gasteiger partial charge is 0.320 e. The van der Waals surface area contributed by atoms with Crippen LogP contribution in [-0.4, -0.2) is 39.8 Å². The maximum Gasteiger partial charge on any atom is 0.241 e. The molecule has 90 valence electrons. The molecule has 0 aromatic rings. The van der Waals surface area contributed by atoms with Crippen molar-refractivity contribution in [2.45, 2.75) is 50.1 Å². The normalized spacial score (nSPS) is 35.5. The van der Waals surface area contributed by atoms with Crippen molar-refractivity contribution in [2.24, 2.45) is 5.73 Å². The highest BCUT2D eigenvalue weighted by Gasteiger charge is 2.40. The molecule has 1 amide bonds. The van der Waals surface area contributed by atoms with Crippen molar-refractivity contribution < 1.29 is 9.59 Å². The standard InChI is InChI=1S/C11H18N2O2S/c1-7(14)9-3-2-4-10-13(9)11(15)8(12)5-6-16-10/h8-10H,2-6,12H2,1H3/t8-,9-,10?/m0/s1. The third-order valence-electron chi connectivity index (χ3n) is 3.35. The van der Waals surface area contributed by atoms with Crippen LogP contribution in [0.5, 0.6) is 0 Å². The number of nitrogens with zero attached hydrogens (tertiary/aromatic N) is 1. The third kappa shape index (κ3) is 2.11. The predicted molar refractivity (Wildman–Crippen MR) is 64.0 cm³/mol. The topological polar surface area (TPSA) is 63.4 Å². The monoisotopic (exact) mass is 242 g/mol. The zero-order chi connectivity index (χ0) is 11.7. The predicted octanol–water partition coefficient (Wildman–Crippen LogP) is 0.747. The molecule has 0 aliphatic carbocycles. The van der Waals surface area contributed by atoms with Crippen LogP contribution in [0.3, 0.4) is 0 Å². The summed E-state index contributed by atoms with van der Waals surface area (Å²) in [5.74, 6) is 0.973. The lowest BCUT2D eigenvalue weighted by Gasteiger charge is -2.40. The molecule has 4 nitrogen and oxygen atoms in total. The Balaban J connectivity index is 2.25. The minimum Gasteiger partial charge on any atom is -0.320 e. The van der Waals surface area contributed by atoms with Gasteiger partial charge in [0.25, 0.3) is 0 Å². The summed E-state index contributed by atoms with van der Waals surface area (Å²) in [6.07, 6.45) is 3.54. The lowest BCUT2D eigenvalue weighted by atomic mass is 9.98. The molecule has 0 radical (unpaired) electrons. The molecule has 2 saturated heterocycles. The Hall–Kier alpha value is -0.550. The second-order valence-corrected chi connectivity index (χ2v) is 5.81. The summed E-state index contributed by atoms with van der Waals surface area (Å²) in [6.45, 7) is 1.57. The van der Waals surface area contributed by atoms with Crippen molar-refractivity contribution in [3.63, 3.8) is 0 Å². The molecular weight excluding hydrogens is 224 g/mol. The van der Waals surface area contributed by atoms with E-state index in [4.69, 9.17) is 5.73 Å². The molecule has 0 spiro atoms. The van der Waals surface area contributed by atoms with Gasteiger partial charge in [-0.15, -0.1) is 11.8 Å². The van der Waals surface area contributed by atoms with Crippen molar-refractivity contribution in [1.29, 1.82) is 0 Å². The minimum atomic E-state index is -0.419. The maximum atomic E-state index is 12.1. The number of carbonyl (C=O) groups is 2. The number of nitrogens with two attached hydrogens (primary N) is 1. The van der Waals surface area contributed by atoms with Gasteiger partial charge in [0.1, 0.15) is 0 Å². The average Bonchev–Trinajstić information content (AvgIpc) is 2.40. The first kappa shape index (κ1) is 11.9. The number of Topliss-reactive ketones (excluding diaryl/α,β-unsaturated/α-hetero) is 1. The SMILES string of the molecule is CC(=O)[C@@H]1CCCC2SCC[C@H](N)C(=O)N21. The fourth-order valence-electron chi connectivity index (χ4n) is 2.47. The minimum absolute atomic E-state index is 0.0325. The fourth-order valence-corrected chi connectivity index (χ4v) is 3.88. The first-order valence-corrected chi connectivity index (χ1v) is 6.86. The van der Waals surface area contributed by atoms with Gasteiger partial charge in [-0.25, -0.2) is 0 Å². The lowest BCUT2D eigenvalue weighted by molar-refractivity contribution is -0.142. The first-order chi connectivity index (χ1) is 7.61. The summed E-state index contributed by atoms with van der Waals surface area (Å²) in [7, 11) is 0. The quantitative estimate of drug-likeness (QED) is 0.737. The van der Waals surface area contributed by atoms with E-state index >= 15 is 0 Å². The zero-order valence-electron chi connectivity index (χ0n) is 9.52. The highest BCUT2D eigenvalue weighted by atomic mass is 32.2. The number of fused-ring (bicyclic) bond motifs is 1. The molecule has 2 fully saturated rings. The Morgan fingerprint density at radius 3 is 2.88 bits per heavy atom. The summed E-state index contributed by atoms with van der Waals surface area (Å²) >= 11 is 1.77. The Bertz CT molecular complexity index is 308. The summed E-state index contributed by atoms with van der Waals surface area (Å²) in [5, 5.41) is 0.170. The Kier molecular flexibility index (Phi) is 3.54. The van der Waals surface area contributed by atoms with E-state index in [0.29, 0.717) is 0 Å². The lowest BCUT2D eigenvalue weighted by Crippen LogP contribution is -2.55. The van der Waals surface area contributed by atoms with Gasteiger partial charge in [-0.1, -0.05) is 0 Å². The maximum absolute atomic E-state index is 12.1. The molecule has 0 saturated carbocycles. The molecule has 2 heterocycles. The molecule has 0 bridgehead atoms. The highest BCUT2D eigenvalue weighted by Crippen LogP contribution is 2.34. The van der Waals surface area contributed by atoms with Crippen LogP contribution in [0.4, 0.5) is 0 Å². The van der Waals surface area contributed by atoms with Crippen LogP contribution >= 0.6 is 11.8 Å². The van der Waals surface area contributed by atoms with Crippen molar-refractivity contribution >= 4 is 23.5 Å². The Morgan fingerprint density at radius 1 is 1.44 bits per heavy atom. The van der Waals surface area contributed by atoms with E-state index in [1.165, 1.54) is 0 Å². The van der Waals surface area contributed by atoms with Gasteiger partial charge in [0.2, 0.25) is 5.91 Å². The molecule has 1 unspecified atom stereocenters. The van der Waals surface area contributed by atoms with E-state index in [1.54, 1.807) is 23.6 Å². The molecule has 2 aliphatic heterocycles. The Morgan fingerprint density at radius 2 is 2.19 bits per heavy atom.